The van der Waals surface area contributed by atoms with E-state index in [1.54, 1.807) is 0 Å². The van der Waals surface area contributed by atoms with Gasteiger partial charge in [-0.3, -0.25) is 4.99 Å². The summed E-state index contributed by atoms with van der Waals surface area (Å²) in [5, 5.41) is 8.72. The van der Waals surface area contributed by atoms with Crippen LogP contribution in [0.5, 0.6) is 0 Å². The van der Waals surface area contributed by atoms with E-state index >= 15 is 0 Å². The zero-order valence-corrected chi connectivity index (χ0v) is 7.74. The SMILES string of the molecule is CC=NC1CCN(CCO)CC1. The number of nitrogens with zero attached hydrogens (tertiary/aromatic N) is 2. The van der Waals surface area contributed by atoms with Gasteiger partial charge in [-0.2, -0.15) is 0 Å². The molecule has 0 spiro atoms. The van der Waals surface area contributed by atoms with Gasteiger partial charge in [0.05, 0.1) is 12.6 Å². The second kappa shape index (κ2) is 5.27. The van der Waals surface area contributed by atoms with Crippen LogP contribution in [0.2, 0.25) is 0 Å². The summed E-state index contributed by atoms with van der Waals surface area (Å²) < 4.78 is 0. The molecule has 0 aromatic heterocycles. The largest absolute Gasteiger partial charge is 0.395 e. The van der Waals surface area contributed by atoms with E-state index in [9.17, 15) is 0 Å². The lowest BCUT2D eigenvalue weighted by atomic mass is 10.1. The smallest absolute Gasteiger partial charge is 0.0558 e. The van der Waals surface area contributed by atoms with Crippen molar-refractivity contribution in [3.05, 3.63) is 0 Å². The third-order valence-corrected chi connectivity index (χ3v) is 2.33. The Morgan fingerprint density at radius 2 is 2.17 bits per heavy atom. The maximum absolute atomic E-state index is 8.72. The molecule has 0 unspecified atom stereocenters. The van der Waals surface area contributed by atoms with Crippen LogP contribution in [-0.4, -0.2) is 48.5 Å². The summed E-state index contributed by atoms with van der Waals surface area (Å²) in [6, 6.07) is 0.532. The molecule has 0 amide bonds. The quantitative estimate of drug-likeness (QED) is 0.627. The van der Waals surface area contributed by atoms with Gasteiger partial charge in [0, 0.05) is 19.6 Å². The first kappa shape index (κ1) is 9.68. The van der Waals surface area contributed by atoms with E-state index in [1.165, 1.54) is 0 Å². The molecule has 0 radical (unpaired) electrons. The summed E-state index contributed by atoms with van der Waals surface area (Å²) in [7, 11) is 0. The van der Waals surface area contributed by atoms with Gasteiger partial charge in [-0.15, -0.1) is 0 Å². The molecule has 0 aromatic rings. The van der Waals surface area contributed by atoms with Crippen LogP contribution in [0.25, 0.3) is 0 Å². The first-order chi connectivity index (χ1) is 5.86. The Hall–Kier alpha value is -0.410. The van der Waals surface area contributed by atoms with E-state index in [2.05, 4.69) is 9.89 Å². The summed E-state index contributed by atoms with van der Waals surface area (Å²) in [5.74, 6) is 0. The molecule has 1 saturated heterocycles. The minimum atomic E-state index is 0.279. The van der Waals surface area contributed by atoms with Gasteiger partial charge in [-0.25, -0.2) is 0 Å². The van der Waals surface area contributed by atoms with Crippen molar-refractivity contribution in [2.75, 3.05) is 26.2 Å². The average molecular weight is 170 g/mol. The van der Waals surface area contributed by atoms with Crippen LogP contribution >= 0.6 is 0 Å². The lowest BCUT2D eigenvalue weighted by Crippen LogP contribution is -2.36. The number of piperidine rings is 1. The topological polar surface area (TPSA) is 35.8 Å². The second-order valence-electron chi connectivity index (χ2n) is 3.20. The van der Waals surface area contributed by atoms with Crippen LogP contribution in [0.4, 0.5) is 0 Å². The van der Waals surface area contributed by atoms with Gasteiger partial charge in [-0.05, 0) is 26.0 Å². The molecule has 1 fully saturated rings. The Morgan fingerprint density at radius 1 is 1.50 bits per heavy atom. The maximum Gasteiger partial charge on any atom is 0.0558 e. The fourth-order valence-corrected chi connectivity index (χ4v) is 1.64. The molecule has 0 atom stereocenters. The summed E-state index contributed by atoms with van der Waals surface area (Å²) >= 11 is 0. The minimum Gasteiger partial charge on any atom is -0.395 e. The van der Waals surface area contributed by atoms with Crippen molar-refractivity contribution < 1.29 is 5.11 Å². The molecule has 1 aliphatic heterocycles. The highest BCUT2D eigenvalue weighted by Crippen LogP contribution is 2.12. The average Bonchev–Trinajstić information content (AvgIpc) is 2.09. The van der Waals surface area contributed by atoms with Gasteiger partial charge < -0.3 is 10.0 Å². The number of rotatable bonds is 3. The third-order valence-electron chi connectivity index (χ3n) is 2.33. The van der Waals surface area contributed by atoms with Gasteiger partial charge >= 0.3 is 0 Å². The van der Waals surface area contributed by atoms with Crippen molar-refractivity contribution in [1.29, 1.82) is 0 Å². The Morgan fingerprint density at radius 3 is 2.67 bits per heavy atom. The van der Waals surface area contributed by atoms with Gasteiger partial charge in [0.25, 0.3) is 0 Å². The molecule has 12 heavy (non-hydrogen) atoms. The lowest BCUT2D eigenvalue weighted by Gasteiger charge is -2.29. The van der Waals surface area contributed by atoms with E-state index < -0.39 is 0 Å². The first-order valence-electron chi connectivity index (χ1n) is 4.68. The maximum atomic E-state index is 8.72. The third kappa shape index (κ3) is 2.91. The van der Waals surface area contributed by atoms with E-state index in [-0.39, 0.29) is 6.61 Å². The first-order valence-corrected chi connectivity index (χ1v) is 4.68. The Bertz CT molecular complexity index is 139. The summed E-state index contributed by atoms with van der Waals surface area (Å²) in [6.45, 7) is 5.25. The highest BCUT2D eigenvalue weighted by Gasteiger charge is 2.16. The van der Waals surface area contributed by atoms with Crippen molar-refractivity contribution in [1.82, 2.24) is 4.90 Å². The zero-order chi connectivity index (χ0) is 8.81. The predicted octanol–water partition coefficient (Wildman–Crippen LogP) is 0.534. The van der Waals surface area contributed by atoms with E-state index in [4.69, 9.17) is 5.11 Å². The molecule has 1 N–H and O–H groups in total. The molecule has 1 aliphatic rings. The molecule has 0 bridgehead atoms. The van der Waals surface area contributed by atoms with Crippen molar-refractivity contribution in [3.63, 3.8) is 0 Å². The van der Waals surface area contributed by atoms with E-state index in [0.29, 0.717) is 6.04 Å². The van der Waals surface area contributed by atoms with Gasteiger partial charge in [0.1, 0.15) is 0 Å². The number of likely N-dealkylation sites (tertiary alicyclic amines) is 1. The fraction of sp³-hybridized carbons (Fsp3) is 0.889. The number of hydrogen-bond acceptors (Lipinski definition) is 3. The molecule has 0 aliphatic carbocycles. The molecule has 3 nitrogen and oxygen atoms in total. The number of aliphatic hydroxyl groups excluding tert-OH is 1. The Labute approximate surface area is 74.1 Å². The lowest BCUT2D eigenvalue weighted by molar-refractivity contribution is 0.165. The molecule has 70 valence electrons. The number of aliphatic hydroxyl groups is 1. The fourth-order valence-electron chi connectivity index (χ4n) is 1.64. The van der Waals surface area contributed by atoms with Gasteiger partial charge in [0.15, 0.2) is 0 Å². The molecule has 0 saturated carbocycles. The van der Waals surface area contributed by atoms with Crippen molar-refractivity contribution in [2.45, 2.75) is 25.8 Å². The monoisotopic (exact) mass is 170 g/mol. The van der Waals surface area contributed by atoms with E-state index in [1.807, 2.05) is 13.1 Å². The summed E-state index contributed by atoms with van der Waals surface area (Å²) in [4.78, 5) is 6.66. The van der Waals surface area contributed by atoms with Crippen molar-refractivity contribution >= 4 is 6.21 Å². The van der Waals surface area contributed by atoms with Gasteiger partial charge in [-0.1, -0.05) is 0 Å². The summed E-state index contributed by atoms with van der Waals surface area (Å²) in [5.41, 5.74) is 0. The molecular weight excluding hydrogens is 152 g/mol. The minimum absolute atomic E-state index is 0.279. The Balaban J connectivity index is 2.20. The molecular formula is C9H18N2O. The number of aliphatic imine (C=N–C) groups is 1. The van der Waals surface area contributed by atoms with Crippen LogP contribution in [0.3, 0.4) is 0 Å². The standard InChI is InChI=1S/C9H18N2O/c1-2-10-9-3-5-11(6-4-9)7-8-12/h2,9,12H,3-8H2,1H3. The molecule has 0 aromatic carbocycles. The summed E-state index contributed by atoms with van der Waals surface area (Å²) in [6.07, 6.45) is 4.18. The zero-order valence-electron chi connectivity index (χ0n) is 7.74. The van der Waals surface area contributed by atoms with E-state index in [0.717, 1.165) is 32.5 Å². The van der Waals surface area contributed by atoms with Crippen LogP contribution in [0.1, 0.15) is 19.8 Å². The van der Waals surface area contributed by atoms with Crippen LogP contribution < -0.4 is 0 Å². The number of β-amino-alcohol motifs (C(OH)–C–C–N with tert-alkyl or cyclic N) is 1. The van der Waals surface area contributed by atoms with Crippen LogP contribution in [-0.2, 0) is 0 Å². The normalized spacial score (nSPS) is 22.2. The molecule has 1 heterocycles. The molecule has 3 heteroatoms. The number of hydrogen-bond donors (Lipinski definition) is 1. The van der Waals surface area contributed by atoms with Gasteiger partial charge in [0.2, 0.25) is 0 Å². The van der Waals surface area contributed by atoms with Crippen LogP contribution in [0.15, 0.2) is 4.99 Å². The Kier molecular flexibility index (Phi) is 4.25. The second-order valence-corrected chi connectivity index (χ2v) is 3.20. The highest BCUT2D eigenvalue weighted by atomic mass is 16.3. The predicted molar refractivity (Wildman–Crippen MR) is 50.7 cm³/mol. The highest BCUT2D eigenvalue weighted by molar-refractivity contribution is 5.53. The van der Waals surface area contributed by atoms with Crippen molar-refractivity contribution in [3.8, 4) is 0 Å². The molecule has 1 rings (SSSR count). The van der Waals surface area contributed by atoms with Crippen molar-refractivity contribution in [2.24, 2.45) is 4.99 Å². The van der Waals surface area contributed by atoms with Crippen LogP contribution in [0, 0.1) is 0 Å².